The van der Waals surface area contributed by atoms with E-state index < -0.39 is 0 Å². The maximum Gasteiger partial charge on any atom is 0.230 e. The SMILES string of the molecule is COc1cc2c(-c3ncnc(Nc4cc(N)c(N(C)CCN(C)C)cc4OC)n3)cn(C)c2cc1Cl. The van der Waals surface area contributed by atoms with Crippen LogP contribution in [0.1, 0.15) is 0 Å². The van der Waals surface area contributed by atoms with E-state index in [2.05, 4.69) is 30.1 Å². The number of nitrogens with one attached hydrogen (secondary N) is 1. The lowest BCUT2D eigenvalue weighted by Gasteiger charge is -2.24. The molecule has 0 fully saturated rings. The van der Waals surface area contributed by atoms with Gasteiger partial charge in [-0.2, -0.15) is 4.98 Å². The minimum atomic E-state index is 0.365. The molecule has 2 aromatic heterocycles. The van der Waals surface area contributed by atoms with Crippen LogP contribution in [0, 0.1) is 0 Å². The number of likely N-dealkylation sites (N-methyl/N-ethyl adjacent to an activating group) is 2. The van der Waals surface area contributed by atoms with Gasteiger partial charge in [-0.3, -0.25) is 0 Å². The van der Waals surface area contributed by atoms with E-state index >= 15 is 0 Å². The van der Waals surface area contributed by atoms with Gasteiger partial charge in [-0.15, -0.1) is 0 Å². The Labute approximate surface area is 215 Å². The highest BCUT2D eigenvalue weighted by Crippen LogP contribution is 2.38. The molecule has 0 bridgehead atoms. The van der Waals surface area contributed by atoms with Crippen molar-refractivity contribution in [2.45, 2.75) is 0 Å². The number of ether oxygens (including phenoxy) is 2. The van der Waals surface area contributed by atoms with Crippen molar-refractivity contribution < 1.29 is 9.47 Å². The van der Waals surface area contributed by atoms with E-state index in [1.165, 1.54) is 6.33 Å². The highest BCUT2D eigenvalue weighted by molar-refractivity contribution is 6.33. The number of aromatic nitrogens is 4. The van der Waals surface area contributed by atoms with Crippen LogP contribution in [0.4, 0.5) is 23.0 Å². The van der Waals surface area contributed by atoms with Crippen LogP contribution in [0.25, 0.3) is 22.3 Å². The number of anilines is 4. The third kappa shape index (κ3) is 5.09. The van der Waals surface area contributed by atoms with Crippen molar-refractivity contribution in [3.8, 4) is 22.9 Å². The van der Waals surface area contributed by atoms with Crippen molar-refractivity contribution >= 4 is 45.5 Å². The average molecular weight is 511 g/mol. The lowest BCUT2D eigenvalue weighted by Crippen LogP contribution is -2.29. The number of nitrogens with two attached hydrogens (primary N) is 1. The highest BCUT2D eigenvalue weighted by atomic mass is 35.5. The summed E-state index contributed by atoms with van der Waals surface area (Å²) in [6, 6.07) is 7.49. The van der Waals surface area contributed by atoms with E-state index in [0.717, 1.165) is 35.2 Å². The van der Waals surface area contributed by atoms with Gasteiger partial charge in [0, 0.05) is 50.4 Å². The first-order valence-electron chi connectivity index (χ1n) is 11.3. The van der Waals surface area contributed by atoms with Crippen molar-refractivity contribution in [1.29, 1.82) is 0 Å². The fourth-order valence-electron chi connectivity index (χ4n) is 3.98. The van der Waals surface area contributed by atoms with Crippen molar-refractivity contribution in [2.75, 3.05) is 64.4 Å². The third-order valence-corrected chi connectivity index (χ3v) is 6.26. The Hall–Kier alpha value is -3.76. The molecular formula is C25H31ClN8O2. The standard InChI is InChI=1S/C25H31ClN8O2/c1-32(2)7-8-33(3)21-12-23(36-6)19(11-18(21)27)30-25-29-14-28-24(31-25)16-13-34(4)20-10-17(26)22(35-5)9-15(16)20/h9-14H,7-8,27H2,1-6H3,(H,28,29,30,31). The molecule has 36 heavy (non-hydrogen) atoms. The van der Waals surface area contributed by atoms with Gasteiger partial charge in [0.1, 0.15) is 17.8 Å². The number of halogens is 1. The van der Waals surface area contributed by atoms with Crippen molar-refractivity contribution in [3.05, 3.63) is 41.8 Å². The average Bonchev–Trinajstić information content (AvgIpc) is 3.17. The quantitative estimate of drug-likeness (QED) is 0.323. The highest BCUT2D eigenvalue weighted by Gasteiger charge is 2.17. The number of rotatable bonds is 9. The molecule has 0 aliphatic heterocycles. The largest absolute Gasteiger partial charge is 0.495 e. The second-order valence-electron chi connectivity index (χ2n) is 8.75. The predicted octanol–water partition coefficient (Wildman–Crippen LogP) is 4.02. The Morgan fingerprint density at radius 1 is 1.03 bits per heavy atom. The molecule has 3 N–H and O–H groups in total. The lowest BCUT2D eigenvalue weighted by molar-refractivity contribution is 0.413. The monoisotopic (exact) mass is 510 g/mol. The van der Waals surface area contributed by atoms with E-state index in [9.17, 15) is 0 Å². The van der Waals surface area contributed by atoms with Crippen molar-refractivity contribution in [2.24, 2.45) is 7.05 Å². The van der Waals surface area contributed by atoms with Crippen LogP contribution in [-0.4, -0.2) is 72.9 Å². The first kappa shape index (κ1) is 25.3. The fourth-order valence-corrected chi connectivity index (χ4v) is 4.21. The van der Waals surface area contributed by atoms with Gasteiger partial charge >= 0.3 is 0 Å². The van der Waals surface area contributed by atoms with Crippen LogP contribution in [0.2, 0.25) is 5.02 Å². The van der Waals surface area contributed by atoms with Gasteiger partial charge in [0.15, 0.2) is 5.82 Å². The number of hydrogen-bond donors (Lipinski definition) is 2. The molecule has 0 spiro atoms. The summed E-state index contributed by atoms with van der Waals surface area (Å²) in [7, 11) is 11.2. The molecule has 190 valence electrons. The van der Waals surface area contributed by atoms with Gasteiger partial charge in [-0.1, -0.05) is 11.6 Å². The molecule has 4 rings (SSSR count). The van der Waals surface area contributed by atoms with Gasteiger partial charge in [-0.25, -0.2) is 9.97 Å². The number of fused-ring (bicyclic) bond motifs is 1. The zero-order valence-electron chi connectivity index (χ0n) is 21.3. The number of benzene rings is 2. The molecule has 0 aliphatic rings. The molecule has 0 amide bonds. The third-order valence-electron chi connectivity index (χ3n) is 5.96. The molecule has 0 unspecified atom stereocenters. The van der Waals surface area contributed by atoms with Crippen LogP contribution in [0.5, 0.6) is 11.5 Å². The Balaban J connectivity index is 1.67. The summed E-state index contributed by atoms with van der Waals surface area (Å²) in [5.41, 5.74) is 10.3. The summed E-state index contributed by atoms with van der Waals surface area (Å²) in [5.74, 6) is 2.08. The first-order chi connectivity index (χ1) is 17.2. The molecule has 0 radical (unpaired) electrons. The Kier molecular flexibility index (Phi) is 7.37. The molecule has 4 aromatic rings. The molecular weight excluding hydrogens is 480 g/mol. The number of aryl methyl sites for hydroxylation is 1. The number of hydrogen-bond acceptors (Lipinski definition) is 9. The van der Waals surface area contributed by atoms with Crippen LogP contribution in [0.15, 0.2) is 36.8 Å². The van der Waals surface area contributed by atoms with E-state index in [1.54, 1.807) is 14.2 Å². The molecule has 10 nitrogen and oxygen atoms in total. The molecule has 0 aliphatic carbocycles. The summed E-state index contributed by atoms with van der Waals surface area (Å²) < 4.78 is 13.0. The van der Waals surface area contributed by atoms with Gasteiger partial charge < -0.3 is 34.9 Å². The van der Waals surface area contributed by atoms with Crippen molar-refractivity contribution in [1.82, 2.24) is 24.4 Å². The van der Waals surface area contributed by atoms with Gasteiger partial charge in [0.25, 0.3) is 0 Å². The lowest BCUT2D eigenvalue weighted by atomic mass is 10.1. The van der Waals surface area contributed by atoms with Gasteiger partial charge in [0.2, 0.25) is 5.95 Å². The normalized spacial score (nSPS) is 11.2. The second kappa shape index (κ2) is 10.5. The number of nitrogens with zero attached hydrogens (tertiary/aromatic N) is 6. The minimum Gasteiger partial charge on any atom is -0.495 e. The number of nitrogen functional groups attached to an aromatic ring is 1. The zero-order chi connectivity index (χ0) is 26.0. The maximum atomic E-state index is 6.40. The second-order valence-corrected chi connectivity index (χ2v) is 9.16. The van der Waals surface area contributed by atoms with E-state index in [0.29, 0.717) is 39.7 Å². The van der Waals surface area contributed by atoms with Gasteiger partial charge in [-0.05, 0) is 32.3 Å². The van der Waals surface area contributed by atoms with Gasteiger partial charge in [0.05, 0.1) is 41.8 Å². The topological polar surface area (TPSA) is 107 Å². The summed E-state index contributed by atoms with van der Waals surface area (Å²) in [6.45, 7) is 1.73. The Morgan fingerprint density at radius 2 is 1.78 bits per heavy atom. The predicted molar refractivity (Wildman–Crippen MR) is 146 cm³/mol. The molecule has 11 heteroatoms. The van der Waals surface area contributed by atoms with E-state index in [-0.39, 0.29) is 0 Å². The van der Waals surface area contributed by atoms with Crippen LogP contribution in [-0.2, 0) is 7.05 Å². The molecule has 0 saturated carbocycles. The zero-order valence-corrected chi connectivity index (χ0v) is 22.1. The van der Waals surface area contributed by atoms with Crippen LogP contribution < -0.4 is 25.4 Å². The number of methoxy groups -OCH3 is 2. The maximum absolute atomic E-state index is 6.40. The Morgan fingerprint density at radius 3 is 2.47 bits per heavy atom. The van der Waals surface area contributed by atoms with Crippen molar-refractivity contribution in [3.63, 3.8) is 0 Å². The van der Waals surface area contributed by atoms with Crippen LogP contribution in [0.3, 0.4) is 0 Å². The Bertz CT molecular complexity index is 1390. The summed E-state index contributed by atoms with van der Waals surface area (Å²) >= 11 is 6.33. The first-order valence-corrected chi connectivity index (χ1v) is 11.7. The minimum absolute atomic E-state index is 0.365. The molecule has 0 saturated heterocycles. The van der Waals surface area contributed by atoms with E-state index in [1.807, 2.05) is 63.2 Å². The molecule has 0 atom stereocenters. The summed E-state index contributed by atoms with van der Waals surface area (Å²) in [4.78, 5) is 17.6. The summed E-state index contributed by atoms with van der Waals surface area (Å²) in [5, 5.41) is 4.69. The van der Waals surface area contributed by atoms with E-state index in [4.69, 9.17) is 26.8 Å². The summed E-state index contributed by atoms with van der Waals surface area (Å²) in [6.07, 6.45) is 3.42. The smallest absolute Gasteiger partial charge is 0.230 e. The molecule has 2 aromatic carbocycles. The van der Waals surface area contributed by atoms with Crippen LogP contribution >= 0.6 is 11.6 Å². The fraction of sp³-hybridized carbons (Fsp3) is 0.320. The molecule has 2 heterocycles.